The molecule has 0 N–H and O–H groups in total. The van der Waals surface area contributed by atoms with Crippen molar-refractivity contribution in [3.63, 3.8) is 0 Å². The van der Waals surface area contributed by atoms with Crippen LogP contribution >= 0.6 is 0 Å². The maximum absolute atomic E-state index is 14.5. The minimum atomic E-state index is -1.14. The largest absolute Gasteiger partial charge is 0.292 e. The van der Waals surface area contributed by atoms with Gasteiger partial charge in [-0.05, 0) is 126 Å². The van der Waals surface area contributed by atoms with Crippen LogP contribution < -0.4 is 0 Å². The monoisotopic (exact) mass is 830 g/mol. The van der Waals surface area contributed by atoms with Crippen LogP contribution in [0.1, 0.15) is 97.1 Å². The lowest BCUT2D eigenvalue weighted by Gasteiger charge is -2.26. The number of hydrogen-bond acceptors (Lipinski definition) is 6. The Kier molecular flexibility index (Phi) is 12.7. The van der Waals surface area contributed by atoms with Gasteiger partial charge < -0.3 is 0 Å². The normalized spacial score (nSPS) is 13.3. The van der Waals surface area contributed by atoms with E-state index in [-0.39, 0.29) is 36.3 Å². The predicted molar refractivity (Wildman–Crippen MR) is 255 cm³/mol. The minimum absolute atomic E-state index is 0.0714. The molecule has 0 bridgehead atoms. The molecule has 7 rings (SSSR count). The van der Waals surface area contributed by atoms with E-state index in [1.54, 1.807) is 42.6 Å². The first-order valence-electron chi connectivity index (χ1n) is 21.0. The Bertz CT molecular complexity index is 2840. The summed E-state index contributed by atoms with van der Waals surface area (Å²) in [6.45, 7) is 15.0. The Morgan fingerprint density at radius 3 is 1.29 bits per heavy atom. The fourth-order valence-corrected chi connectivity index (χ4v) is 8.58. The van der Waals surface area contributed by atoms with Gasteiger partial charge in [-0.3, -0.25) is 29.2 Å². The van der Waals surface area contributed by atoms with Gasteiger partial charge in [0.15, 0.2) is 17.5 Å². The quantitative estimate of drug-likeness (QED) is 0.0693. The van der Waals surface area contributed by atoms with Crippen LogP contribution in [0.2, 0.25) is 0 Å². The van der Waals surface area contributed by atoms with Crippen molar-refractivity contribution in [2.24, 2.45) is 20.0 Å². The standard InChI is InChI=1S/C55H50N4O4/c1-33-17-34(2)22-41(21-33)49(60)29-56-53(51(62)43-25-37(5)19-38(6)26-43)58-31-55(47-15-11-9-13-45(47)46-14-10-12-16-48(46)55)32-59-54(52(63)44-27-39(7)20-40(8)28-44)57-30-50(61)42-23-35(3)18-36(4)24-42/h9-29,32H,30-31H2,1-8H3. The highest BCUT2D eigenvalue weighted by Crippen LogP contribution is 2.48. The van der Waals surface area contributed by atoms with E-state index in [4.69, 9.17) is 9.98 Å². The number of Topliss-reactive ketones (excluding diaryl/α,β-unsaturated/α-hetero) is 4. The molecule has 0 spiro atoms. The van der Waals surface area contributed by atoms with E-state index in [1.165, 1.54) is 0 Å². The number of hydrogen-bond donors (Lipinski definition) is 0. The van der Waals surface area contributed by atoms with Crippen LogP contribution in [0.5, 0.6) is 0 Å². The van der Waals surface area contributed by atoms with Gasteiger partial charge in [0.1, 0.15) is 6.54 Å². The SMILES string of the molecule is Cc1cc(C)cc(C(=O)C=NC(=NCC2(C=NC(=NCC(=O)c3cc(C)cc(C)c3)C(=O)c3cc(C)cc(C)c3)c3ccccc3-c3ccccc32)C(=O)c2cc(C)cc(C)c2)c1. The molecule has 0 fully saturated rings. The molecule has 1 aliphatic carbocycles. The third-order valence-electron chi connectivity index (χ3n) is 11.1. The Hall–Kier alpha value is -7.32. The summed E-state index contributed by atoms with van der Waals surface area (Å²) < 4.78 is 0. The highest BCUT2D eigenvalue weighted by Gasteiger charge is 2.42. The molecule has 8 heteroatoms. The van der Waals surface area contributed by atoms with Gasteiger partial charge in [-0.15, -0.1) is 0 Å². The molecule has 6 aromatic rings. The zero-order chi connectivity index (χ0) is 45.0. The van der Waals surface area contributed by atoms with E-state index in [9.17, 15) is 19.2 Å². The number of rotatable bonds is 12. The number of carbonyl (C=O) groups is 4. The molecule has 0 saturated carbocycles. The van der Waals surface area contributed by atoms with Crippen molar-refractivity contribution in [2.75, 3.05) is 13.1 Å². The Morgan fingerprint density at radius 1 is 0.460 bits per heavy atom. The molecule has 0 saturated heterocycles. The Morgan fingerprint density at radius 2 is 0.841 bits per heavy atom. The summed E-state index contributed by atoms with van der Waals surface area (Å²) in [6, 6.07) is 38.1. The number of benzene rings is 6. The number of aryl methyl sites for hydroxylation is 8. The maximum atomic E-state index is 14.5. The van der Waals surface area contributed by atoms with Gasteiger partial charge in [0.25, 0.3) is 0 Å². The molecule has 0 atom stereocenters. The summed E-state index contributed by atoms with van der Waals surface area (Å²) in [6.07, 6.45) is 2.83. The molecule has 1 aliphatic rings. The summed E-state index contributed by atoms with van der Waals surface area (Å²) in [5.41, 5.74) is 11.5. The number of amidine groups is 2. The molecule has 8 nitrogen and oxygen atoms in total. The number of carbonyl (C=O) groups excluding carboxylic acids is 4. The summed E-state index contributed by atoms with van der Waals surface area (Å²) in [5, 5.41) is 0. The third-order valence-corrected chi connectivity index (χ3v) is 11.1. The van der Waals surface area contributed by atoms with Crippen molar-refractivity contribution < 1.29 is 19.2 Å². The summed E-state index contributed by atoms with van der Waals surface area (Å²) in [4.78, 5) is 75.3. The fraction of sp³-hybridized carbons (Fsp3) is 0.200. The average molecular weight is 831 g/mol. The zero-order valence-electron chi connectivity index (χ0n) is 37.0. The lowest BCUT2D eigenvalue weighted by atomic mass is 9.79. The molecule has 314 valence electrons. The van der Waals surface area contributed by atoms with Crippen LogP contribution in [0.3, 0.4) is 0 Å². The van der Waals surface area contributed by atoms with Gasteiger partial charge in [-0.25, -0.2) is 9.98 Å². The lowest BCUT2D eigenvalue weighted by Crippen LogP contribution is -2.33. The van der Waals surface area contributed by atoms with Gasteiger partial charge in [-0.1, -0.05) is 117 Å². The second kappa shape index (κ2) is 18.3. The summed E-state index contributed by atoms with van der Waals surface area (Å²) in [5.74, 6) is -1.81. The average Bonchev–Trinajstić information content (AvgIpc) is 3.51. The minimum Gasteiger partial charge on any atom is -0.292 e. The highest BCUT2D eigenvalue weighted by atomic mass is 16.1. The van der Waals surface area contributed by atoms with Crippen molar-refractivity contribution >= 4 is 47.2 Å². The summed E-state index contributed by atoms with van der Waals surface area (Å²) in [7, 11) is 0. The first-order valence-corrected chi connectivity index (χ1v) is 21.0. The van der Waals surface area contributed by atoms with Crippen molar-refractivity contribution in [3.8, 4) is 11.1 Å². The van der Waals surface area contributed by atoms with Crippen molar-refractivity contribution in [2.45, 2.75) is 60.8 Å². The van der Waals surface area contributed by atoms with Crippen LogP contribution in [0, 0.1) is 55.4 Å². The van der Waals surface area contributed by atoms with Gasteiger partial charge >= 0.3 is 0 Å². The second-order valence-corrected chi connectivity index (χ2v) is 16.8. The van der Waals surface area contributed by atoms with Gasteiger partial charge in [0.05, 0.1) is 18.2 Å². The van der Waals surface area contributed by atoms with Gasteiger partial charge in [0, 0.05) is 28.5 Å². The van der Waals surface area contributed by atoms with Crippen molar-refractivity contribution in [3.05, 3.63) is 199 Å². The van der Waals surface area contributed by atoms with Crippen LogP contribution in [0.4, 0.5) is 0 Å². The van der Waals surface area contributed by atoms with E-state index in [2.05, 4.69) is 9.98 Å². The third kappa shape index (κ3) is 9.76. The number of nitrogens with zero attached hydrogens (tertiary/aromatic N) is 4. The van der Waals surface area contributed by atoms with E-state index >= 15 is 0 Å². The fourth-order valence-electron chi connectivity index (χ4n) is 8.58. The smallest absolute Gasteiger partial charge is 0.229 e. The molecule has 6 aromatic carbocycles. The van der Waals surface area contributed by atoms with Crippen LogP contribution in [0.25, 0.3) is 11.1 Å². The number of fused-ring (bicyclic) bond motifs is 3. The van der Waals surface area contributed by atoms with Gasteiger partial charge in [-0.2, -0.15) is 0 Å². The molecule has 0 unspecified atom stereocenters. The molecule has 63 heavy (non-hydrogen) atoms. The molecule has 0 heterocycles. The molecular formula is C55H50N4O4. The van der Waals surface area contributed by atoms with E-state index in [0.717, 1.165) is 73.0 Å². The highest BCUT2D eigenvalue weighted by molar-refractivity contribution is 6.49. The van der Waals surface area contributed by atoms with E-state index in [1.807, 2.05) is 140 Å². The van der Waals surface area contributed by atoms with Crippen LogP contribution in [-0.4, -0.2) is 60.3 Å². The first kappa shape index (κ1) is 43.8. The van der Waals surface area contributed by atoms with Crippen molar-refractivity contribution in [1.82, 2.24) is 0 Å². The maximum Gasteiger partial charge on any atom is 0.229 e. The lowest BCUT2D eigenvalue weighted by molar-refractivity contribution is 0.1000. The molecule has 0 aromatic heterocycles. The summed E-state index contributed by atoms with van der Waals surface area (Å²) >= 11 is 0. The van der Waals surface area contributed by atoms with Crippen LogP contribution in [-0.2, 0) is 5.41 Å². The molecule has 0 radical (unpaired) electrons. The first-order chi connectivity index (χ1) is 30.1. The second-order valence-electron chi connectivity index (χ2n) is 16.8. The molecular weight excluding hydrogens is 781 g/mol. The molecule has 0 aliphatic heterocycles. The zero-order valence-corrected chi connectivity index (χ0v) is 37.0. The van der Waals surface area contributed by atoms with Crippen molar-refractivity contribution in [1.29, 1.82) is 0 Å². The van der Waals surface area contributed by atoms with E-state index in [0.29, 0.717) is 22.3 Å². The van der Waals surface area contributed by atoms with Crippen LogP contribution in [0.15, 0.2) is 141 Å². The molecule has 0 amide bonds. The topological polar surface area (TPSA) is 118 Å². The van der Waals surface area contributed by atoms with E-state index < -0.39 is 17.0 Å². The number of ketones is 4. The number of aliphatic imine (C=N–C) groups is 4. The Labute approximate surface area is 369 Å². The Balaban J connectivity index is 1.39. The predicted octanol–water partition coefficient (Wildman–Crippen LogP) is 10.9. The van der Waals surface area contributed by atoms with Gasteiger partial charge in [0.2, 0.25) is 17.3 Å².